The highest BCUT2D eigenvalue weighted by Crippen LogP contribution is 2.38. The van der Waals surface area contributed by atoms with Gasteiger partial charge in [0.2, 0.25) is 0 Å². The van der Waals surface area contributed by atoms with E-state index < -0.39 is 9.84 Å². The number of benzene rings is 1. The number of fused-ring (bicyclic) bond motifs is 1. The van der Waals surface area contributed by atoms with Gasteiger partial charge in [-0.3, -0.25) is 4.98 Å². The van der Waals surface area contributed by atoms with Crippen LogP contribution in [0.5, 0.6) is 5.75 Å². The SMILES string of the molecule is CS(=O)(=O)Cc1ccc(-c2cc(F)cc3c2O[C@H](CN)C3)nc1. The Labute approximate surface area is 134 Å². The molecule has 0 spiro atoms. The molecule has 7 heteroatoms. The van der Waals surface area contributed by atoms with Crippen LogP contribution in [-0.2, 0) is 22.0 Å². The molecule has 1 aliphatic rings. The van der Waals surface area contributed by atoms with Gasteiger partial charge in [-0.2, -0.15) is 0 Å². The average molecular weight is 336 g/mol. The molecule has 122 valence electrons. The van der Waals surface area contributed by atoms with Crippen LogP contribution in [0.25, 0.3) is 11.3 Å². The van der Waals surface area contributed by atoms with Crippen molar-refractivity contribution in [2.24, 2.45) is 5.73 Å². The molecule has 0 aliphatic carbocycles. The van der Waals surface area contributed by atoms with Crippen molar-refractivity contribution >= 4 is 9.84 Å². The zero-order chi connectivity index (χ0) is 16.6. The fourth-order valence-corrected chi connectivity index (χ4v) is 3.46. The maximum absolute atomic E-state index is 13.8. The summed E-state index contributed by atoms with van der Waals surface area (Å²) in [5.41, 5.74) is 8.09. The summed E-state index contributed by atoms with van der Waals surface area (Å²) in [6, 6.07) is 6.17. The molecule has 0 fully saturated rings. The van der Waals surface area contributed by atoms with E-state index in [4.69, 9.17) is 10.5 Å². The minimum absolute atomic E-state index is 0.0761. The van der Waals surface area contributed by atoms with Gasteiger partial charge in [0.25, 0.3) is 0 Å². The fraction of sp³-hybridized carbons (Fsp3) is 0.312. The number of sulfone groups is 1. The maximum Gasteiger partial charge on any atom is 0.151 e. The number of nitrogens with zero attached hydrogens (tertiary/aromatic N) is 1. The number of hydrogen-bond acceptors (Lipinski definition) is 5. The highest BCUT2D eigenvalue weighted by molar-refractivity contribution is 7.89. The molecule has 0 unspecified atom stereocenters. The van der Waals surface area contributed by atoms with Gasteiger partial charge in [0, 0.05) is 36.5 Å². The molecular weight excluding hydrogens is 319 g/mol. The van der Waals surface area contributed by atoms with E-state index >= 15 is 0 Å². The van der Waals surface area contributed by atoms with E-state index in [-0.39, 0.29) is 17.7 Å². The van der Waals surface area contributed by atoms with E-state index in [1.807, 2.05) is 0 Å². The molecule has 2 aromatic rings. The number of rotatable bonds is 4. The number of pyridine rings is 1. The quantitative estimate of drug-likeness (QED) is 0.919. The topological polar surface area (TPSA) is 82.3 Å². The first-order chi connectivity index (χ1) is 10.9. The second-order valence-corrected chi connectivity index (χ2v) is 7.88. The monoisotopic (exact) mass is 336 g/mol. The van der Waals surface area contributed by atoms with Gasteiger partial charge in [-0.15, -0.1) is 0 Å². The van der Waals surface area contributed by atoms with E-state index in [2.05, 4.69) is 4.98 Å². The summed E-state index contributed by atoms with van der Waals surface area (Å²) >= 11 is 0. The second-order valence-electron chi connectivity index (χ2n) is 5.74. The van der Waals surface area contributed by atoms with E-state index in [9.17, 15) is 12.8 Å². The number of ether oxygens (including phenoxy) is 1. The molecule has 2 N–H and O–H groups in total. The summed E-state index contributed by atoms with van der Waals surface area (Å²) in [6.45, 7) is 0.358. The average Bonchev–Trinajstić information content (AvgIpc) is 2.88. The van der Waals surface area contributed by atoms with Crippen molar-refractivity contribution in [3.05, 3.63) is 47.4 Å². The third kappa shape index (κ3) is 3.51. The first-order valence-corrected chi connectivity index (χ1v) is 9.24. The van der Waals surface area contributed by atoms with E-state index in [1.54, 1.807) is 12.1 Å². The summed E-state index contributed by atoms with van der Waals surface area (Å²) in [4.78, 5) is 4.26. The first kappa shape index (κ1) is 15.9. The van der Waals surface area contributed by atoms with Crippen molar-refractivity contribution in [3.63, 3.8) is 0 Å². The summed E-state index contributed by atoms with van der Waals surface area (Å²) in [6.07, 6.45) is 3.07. The van der Waals surface area contributed by atoms with Gasteiger partial charge < -0.3 is 10.5 Å². The number of nitrogens with two attached hydrogens (primary N) is 1. The van der Waals surface area contributed by atoms with Crippen LogP contribution in [-0.4, -0.2) is 32.3 Å². The second kappa shape index (κ2) is 5.90. The van der Waals surface area contributed by atoms with Crippen molar-refractivity contribution in [1.29, 1.82) is 0 Å². The molecule has 0 saturated carbocycles. The molecule has 5 nitrogen and oxygen atoms in total. The Hall–Kier alpha value is -1.99. The minimum atomic E-state index is -3.12. The van der Waals surface area contributed by atoms with Crippen LogP contribution < -0.4 is 10.5 Å². The van der Waals surface area contributed by atoms with Gasteiger partial charge in [0.15, 0.2) is 9.84 Å². The third-order valence-electron chi connectivity index (χ3n) is 3.66. The normalized spacial score (nSPS) is 16.9. The van der Waals surface area contributed by atoms with Crippen LogP contribution in [0.3, 0.4) is 0 Å². The first-order valence-electron chi connectivity index (χ1n) is 7.18. The molecule has 0 radical (unpaired) electrons. The summed E-state index contributed by atoms with van der Waals surface area (Å²) in [5.74, 6) is 0.167. The number of halogens is 1. The third-order valence-corrected chi connectivity index (χ3v) is 4.51. The molecule has 1 aromatic carbocycles. The Balaban J connectivity index is 1.97. The predicted molar refractivity (Wildman–Crippen MR) is 85.4 cm³/mol. The summed E-state index contributed by atoms with van der Waals surface area (Å²) in [5, 5.41) is 0. The van der Waals surface area contributed by atoms with Crippen molar-refractivity contribution in [2.75, 3.05) is 12.8 Å². The smallest absolute Gasteiger partial charge is 0.151 e. The Bertz CT molecular complexity index is 835. The lowest BCUT2D eigenvalue weighted by atomic mass is 10.0. The molecular formula is C16H17FN2O3S. The molecule has 1 aliphatic heterocycles. The van der Waals surface area contributed by atoms with Crippen LogP contribution in [0.2, 0.25) is 0 Å². The lowest BCUT2D eigenvalue weighted by molar-refractivity contribution is 0.242. The molecule has 3 rings (SSSR count). The van der Waals surface area contributed by atoms with Crippen molar-refractivity contribution in [2.45, 2.75) is 18.3 Å². The van der Waals surface area contributed by atoms with Crippen molar-refractivity contribution in [3.8, 4) is 17.0 Å². The maximum atomic E-state index is 13.8. The van der Waals surface area contributed by atoms with E-state index in [0.717, 1.165) is 5.56 Å². The standard InChI is InChI=1S/C16H17FN2O3S/c1-23(20,21)9-10-2-3-15(19-8-10)14-6-12(17)4-11-5-13(7-18)22-16(11)14/h2-4,6,8,13H,5,7,9,18H2,1H3/t13-/m0/s1. The molecule has 2 heterocycles. The van der Waals surface area contributed by atoms with Crippen molar-refractivity contribution in [1.82, 2.24) is 4.98 Å². The van der Waals surface area contributed by atoms with Crippen LogP contribution in [0, 0.1) is 5.82 Å². The highest BCUT2D eigenvalue weighted by Gasteiger charge is 2.26. The molecule has 1 aromatic heterocycles. The van der Waals surface area contributed by atoms with Crippen LogP contribution in [0.1, 0.15) is 11.1 Å². The lowest BCUT2D eigenvalue weighted by Crippen LogP contribution is -2.24. The lowest BCUT2D eigenvalue weighted by Gasteiger charge is -2.11. The number of hydrogen-bond donors (Lipinski definition) is 1. The van der Waals surface area contributed by atoms with Crippen LogP contribution in [0.15, 0.2) is 30.5 Å². The molecule has 23 heavy (non-hydrogen) atoms. The molecule has 0 bridgehead atoms. The van der Waals surface area contributed by atoms with E-state index in [0.29, 0.717) is 35.5 Å². The Morgan fingerprint density at radius 2 is 2.17 bits per heavy atom. The molecule has 1 atom stereocenters. The van der Waals surface area contributed by atoms with Gasteiger partial charge in [-0.1, -0.05) is 6.07 Å². The van der Waals surface area contributed by atoms with E-state index in [1.165, 1.54) is 24.6 Å². The van der Waals surface area contributed by atoms with Crippen molar-refractivity contribution < 1.29 is 17.5 Å². The summed E-state index contributed by atoms with van der Waals surface area (Å²) < 4.78 is 42.3. The Morgan fingerprint density at radius 1 is 1.39 bits per heavy atom. The zero-order valence-corrected chi connectivity index (χ0v) is 13.4. The number of aromatic nitrogens is 1. The van der Waals surface area contributed by atoms with Crippen LogP contribution >= 0.6 is 0 Å². The minimum Gasteiger partial charge on any atom is -0.488 e. The fourth-order valence-electron chi connectivity index (χ4n) is 2.69. The zero-order valence-electron chi connectivity index (χ0n) is 12.6. The summed E-state index contributed by atoms with van der Waals surface area (Å²) in [7, 11) is -3.12. The van der Waals surface area contributed by atoms with Gasteiger partial charge >= 0.3 is 0 Å². The Kier molecular flexibility index (Phi) is 4.08. The predicted octanol–water partition coefficient (Wildman–Crippen LogP) is 1.69. The highest BCUT2D eigenvalue weighted by atomic mass is 32.2. The largest absolute Gasteiger partial charge is 0.488 e. The van der Waals surface area contributed by atoms with Gasteiger partial charge in [0.05, 0.1) is 11.4 Å². The molecule has 0 saturated heterocycles. The van der Waals surface area contributed by atoms with Gasteiger partial charge in [-0.25, -0.2) is 12.8 Å². The van der Waals surface area contributed by atoms with Gasteiger partial charge in [0.1, 0.15) is 17.7 Å². The molecule has 0 amide bonds. The van der Waals surface area contributed by atoms with Crippen LogP contribution in [0.4, 0.5) is 4.39 Å². The Morgan fingerprint density at radius 3 is 2.78 bits per heavy atom. The van der Waals surface area contributed by atoms with Gasteiger partial charge in [-0.05, 0) is 23.8 Å².